The second-order valence-electron chi connectivity index (χ2n) is 5.34. The highest BCUT2D eigenvalue weighted by Gasteiger charge is 2.13. The number of carbonyl (C=O) groups is 2. The molecule has 0 spiro atoms. The van der Waals surface area contributed by atoms with E-state index in [0.29, 0.717) is 11.3 Å². The first-order valence-corrected chi connectivity index (χ1v) is 7.30. The van der Waals surface area contributed by atoms with Gasteiger partial charge in [0.15, 0.2) is 0 Å². The van der Waals surface area contributed by atoms with Crippen LogP contribution in [0.2, 0.25) is 0 Å². The third-order valence-corrected chi connectivity index (χ3v) is 3.42. The molecule has 2 rings (SSSR count). The lowest BCUT2D eigenvalue weighted by molar-refractivity contribution is -0.130. The molecule has 0 saturated heterocycles. The minimum absolute atomic E-state index is 0.142. The van der Waals surface area contributed by atoms with Gasteiger partial charge in [-0.05, 0) is 41.8 Å². The van der Waals surface area contributed by atoms with Gasteiger partial charge in [-0.25, -0.2) is 9.87 Å². The molecule has 0 aromatic heterocycles. The van der Waals surface area contributed by atoms with Crippen LogP contribution < -0.4 is 16.5 Å². The fourth-order valence-electron chi connectivity index (χ4n) is 2.15. The van der Waals surface area contributed by atoms with Crippen molar-refractivity contribution >= 4 is 17.5 Å². The summed E-state index contributed by atoms with van der Waals surface area (Å²) in [6.45, 7) is 0. The lowest BCUT2D eigenvalue weighted by Crippen LogP contribution is -2.40. The number of hydrogen-bond donors (Lipinski definition) is 4. The van der Waals surface area contributed by atoms with E-state index in [2.05, 4.69) is 5.32 Å². The van der Waals surface area contributed by atoms with Gasteiger partial charge >= 0.3 is 0 Å². The molecule has 24 heavy (non-hydrogen) atoms. The summed E-state index contributed by atoms with van der Waals surface area (Å²) in [5, 5.41) is 11.3. The number of halogens is 1. The predicted molar refractivity (Wildman–Crippen MR) is 86.8 cm³/mol. The lowest BCUT2D eigenvalue weighted by atomic mass is 10.1. The minimum atomic E-state index is -0.853. The highest BCUT2D eigenvalue weighted by molar-refractivity contribution is 5.92. The number of nitrogens with two attached hydrogens (primary N) is 1. The number of rotatable bonds is 6. The van der Waals surface area contributed by atoms with Crippen molar-refractivity contribution in [3.8, 4) is 0 Å². The van der Waals surface area contributed by atoms with Crippen LogP contribution in [-0.4, -0.2) is 23.1 Å². The van der Waals surface area contributed by atoms with E-state index in [-0.39, 0.29) is 24.6 Å². The molecular formula is C17H18FN3O3. The Morgan fingerprint density at radius 1 is 1.04 bits per heavy atom. The average molecular weight is 331 g/mol. The normalized spacial score (nSPS) is 11.6. The molecule has 1 atom stereocenters. The van der Waals surface area contributed by atoms with Crippen LogP contribution in [0.15, 0.2) is 48.5 Å². The van der Waals surface area contributed by atoms with Crippen LogP contribution in [0.5, 0.6) is 0 Å². The Hall–Kier alpha value is -2.77. The first kappa shape index (κ1) is 17.6. The number of benzene rings is 2. The van der Waals surface area contributed by atoms with Crippen molar-refractivity contribution in [3.63, 3.8) is 0 Å². The Balaban J connectivity index is 1.90. The van der Waals surface area contributed by atoms with Crippen LogP contribution in [0.4, 0.5) is 10.1 Å². The molecule has 2 amide bonds. The highest BCUT2D eigenvalue weighted by Crippen LogP contribution is 2.12. The van der Waals surface area contributed by atoms with E-state index >= 15 is 0 Å². The van der Waals surface area contributed by atoms with E-state index < -0.39 is 11.9 Å². The molecule has 0 aliphatic rings. The number of hydroxylamine groups is 1. The van der Waals surface area contributed by atoms with E-state index in [9.17, 15) is 14.0 Å². The molecule has 0 aliphatic heterocycles. The van der Waals surface area contributed by atoms with Crippen molar-refractivity contribution in [1.82, 2.24) is 5.48 Å². The molecule has 0 fully saturated rings. The van der Waals surface area contributed by atoms with Crippen molar-refractivity contribution < 1.29 is 19.2 Å². The lowest BCUT2D eigenvalue weighted by Gasteiger charge is -2.10. The van der Waals surface area contributed by atoms with E-state index in [1.165, 1.54) is 17.6 Å². The van der Waals surface area contributed by atoms with Gasteiger partial charge in [0.05, 0.1) is 12.5 Å². The van der Waals surface area contributed by atoms with Gasteiger partial charge in [0.25, 0.3) is 5.91 Å². The average Bonchev–Trinajstić information content (AvgIpc) is 2.58. The maximum Gasteiger partial charge on any atom is 0.260 e. The predicted octanol–water partition coefficient (Wildman–Crippen LogP) is 1.38. The Kier molecular flexibility index (Phi) is 6.00. The summed E-state index contributed by atoms with van der Waals surface area (Å²) in [5.41, 5.74) is 9.22. The number of carbonyl (C=O) groups excluding carboxylic acids is 2. The van der Waals surface area contributed by atoms with Crippen molar-refractivity contribution in [2.75, 3.05) is 5.32 Å². The van der Waals surface area contributed by atoms with Crippen LogP contribution >= 0.6 is 0 Å². The molecule has 2 aromatic carbocycles. The molecule has 6 nitrogen and oxygen atoms in total. The standard InChI is InChI=1S/C17H18FN3O3/c18-13-5-1-12(2-6-13)10-16(22)20-14-7-3-11(4-8-14)9-15(19)17(23)21-24/h1-8,15,24H,9-10,19H2,(H,20,22)(H,21,23). The maximum absolute atomic E-state index is 12.8. The zero-order chi connectivity index (χ0) is 17.5. The third-order valence-electron chi connectivity index (χ3n) is 3.42. The van der Waals surface area contributed by atoms with Gasteiger partial charge in [0.1, 0.15) is 5.82 Å². The number of hydrogen-bond acceptors (Lipinski definition) is 4. The summed E-state index contributed by atoms with van der Waals surface area (Å²) in [6, 6.07) is 11.7. The van der Waals surface area contributed by atoms with Gasteiger partial charge in [-0.2, -0.15) is 0 Å². The molecule has 0 bridgehead atoms. The van der Waals surface area contributed by atoms with Crippen molar-refractivity contribution in [1.29, 1.82) is 0 Å². The Morgan fingerprint density at radius 3 is 2.21 bits per heavy atom. The number of anilines is 1. The number of nitrogens with one attached hydrogen (secondary N) is 2. The topological polar surface area (TPSA) is 104 Å². The molecule has 2 aromatic rings. The second-order valence-corrected chi connectivity index (χ2v) is 5.34. The minimum Gasteiger partial charge on any atom is -0.326 e. The van der Waals surface area contributed by atoms with Gasteiger partial charge < -0.3 is 11.1 Å². The first-order valence-electron chi connectivity index (χ1n) is 7.30. The maximum atomic E-state index is 12.8. The highest BCUT2D eigenvalue weighted by atomic mass is 19.1. The summed E-state index contributed by atoms with van der Waals surface area (Å²) in [4.78, 5) is 23.1. The third kappa shape index (κ3) is 5.15. The smallest absolute Gasteiger partial charge is 0.260 e. The van der Waals surface area contributed by atoms with Crippen LogP contribution in [0, 0.1) is 5.82 Å². The van der Waals surface area contributed by atoms with E-state index in [1.807, 2.05) is 0 Å². The van der Waals surface area contributed by atoms with E-state index in [4.69, 9.17) is 10.9 Å². The molecule has 1 unspecified atom stereocenters. The van der Waals surface area contributed by atoms with Crippen molar-refractivity contribution in [2.45, 2.75) is 18.9 Å². The van der Waals surface area contributed by atoms with Gasteiger partial charge in [0, 0.05) is 5.69 Å². The Bertz CT molecular complexity index is 702. The summed E-state index contributed by atoms with van der Waals surface area (Å²) >= 11 is 0. The fourth-order valence-corrected chi connectivity index (χ4v) is 2.15. The Morgan fingerprint density at radius 2 is 1.62 bits per heavy atom. The van der Waals surface area contributed by atoms with Gasteiger partial charge in [0.2, 0.25) is 5.91 Å². The monoisotopic (exact) mass is 331 g/mol. The van der Waals surface area contributed by atoms with Gasteiger partial charge in [-0.3, -0.25) is 14.8 Å². The largest absolute Gasteiger partial charge is 0.326 e. The SMILES string of the molecule is NC(Cc1ccc(NC(=O)Cc2ccc(F)cc2)cc1)C(=O)NO. The van der Waals surface area contributed by atoms with E-state index in [1.54, 1.807) is 36.4 Å². The quantitative estimate of drug-likeness (QED) is 0.474. The zero-order valence-electron chi connectivity index (χ0n) is 12.8. The van der Waals surface area contributed by atoms with Crippen LogP contribution in [0.3, 0.4) is 0 Å². The van der Waals surface area contributed by atoms with Crippen LogP contribution in [0.25, 0.3) is 0 Å². The first-order chi connectivity index (χ1) is 11.5. The Labute approximate surface area is 138 Å². The van der Waals surface area contributed by atoms with Crippen molar-refractivity contribution in [2.24, 2.45) is 5.73 Å². The van der Waals surface area contributed by atoms with Crippen LogP contribution in [-0.2, 0) is 22.4 Å². The van der Waals surface area contributed by atoms with E-state index in [0.717, 1.165) is 5.56 Å². The fraction of sp³-hybridized carbons (Fsp3) is 0.176. The summed E-state index contributed by atoms with van der Waals surface area (Å²) in [5.74, 6) is -1.22. The summed E-state index contributed by atoms with van der Waals surface area (Å²) < 4.78 is 12.8. The van der Waals surface area contributed by atoms with Crippen molar-refractivity contribution in [3.05, 3.63) is 65.5 Å². The molecule has 5 N–H and O–H groups in total. The summed E-state index contributed by atoms with van der Waals surface area (Å²) in [7, 11) is 0. The molecular weight excluding hydrogens is 313 g/mol. The van der Waals surface area contributed by atoms with Gasteiger partial charge in [-0.15, -0.1) is 0 Å². The van der Waals surface area contributed by atoms with Gasteiger partial charge in [-0.1, -0.05) is 24.3 Å². The number of amides is 2. The van der Waals surface area contributed by atoms with Crippen LogP contribution in [0.1, 0.15) is 11.1 Å². The molecule has 0 aliphatic carbocycles. The molecule has 0 heterocycles. The zero-order valence-corrected chi connectivity index (χ0v) is 12.8. The second kappa shape index (κ2) is 8.19. The molecule has 126 valence electrons. The summed E-state index contributed by atoms with van der Waals surface area (Å²) in [6.07, 6.45) is 0.403. The molecule has 7 heteroatoms. The molecule has 0 saturated carbocycles. The molecule has 0 radical (unpaired) electrons.